The van der Waals surface area contributed by atoms with Crippen molar-refractivity contribution >= 4 is 0 Å². The molecular formula is C9H13N3O. The molecule has 1 aliphatic rings. The SMILES string of the molecule is NN1CCOC(c2cccnc2)C1. The van der Waals surface area contributed by atoms with E-state index in [1.54, 1.807) is 11.2 Å². The lowest BCUT2D eigenvalue weighted by molar-refractivity contribution is -0.0305. The third kappa shape index (κ3) is 2.03. The van der Waals surface area contributed by atoms with Crippen LogP contribution in [0.15, 0.2) is 24.5 Å². The maximum absolute atomic E-state index is 5.70. The zero-order chi connectivity index (χ0) is 9.10. The molecule has 1 unspecified atom stereocenters. The third-order valence-corrected chi connectivity index (χ3v) is 2.15. The van der Waals surface area contributed by atoms with Gasteiger partial charge < -0.3 is 4.74 Å². The number of hydrazine groups is 1. The number of nitrogens with zero attached hydrogens (tertiary/aromatic N) is 2. The molecule has 2 heterocycles. The molecule has 1 saturated heterocycles. The van der Waals surface area contributed by atoms with Crippen LogP contribution in [-0.4, -0.2) is 29.7 Å². The lowest BCUT2D eigenvalue weighted by atomic mass is 10.1. The van der Waals surface area contributed by atoms with E-state index < -0.39 is 0 Å². The highest BCUT2D eigenvalue weighted by molar-refractivity contribution is 5.12. The molecule has 0 aliphatic carbocycles. The van der Waals surface area contributed by atoms with Crippen molar-refractivity contribution in [1.82, 2.24) is 9.99 Å². The van der Waals surface area contributed by atoms with Gasteiger partial charge in [0.05, 0.1) is 12.7 Å². The first kappa shape index (κ1) is 8.62. The van der Waals surface area contributed by atoms with Gasteiger partial charge in [-0.25, -0.2) is 5.01 Å². The minimum Gasteiger partial charge on any atom is -0.371 e. The Labute approximate surface area is 77.3 Å². The maximum atomic E-state index is 5.70. The van der Waals surface area contributed by atoms with E-state index in [-0.39, 0.29) is 6.10 Å². The smallest absolute Gasteiger partial charge is 0.0981 e. The Morgan fingerprint density at radius 1 is 1.62 bits per heavy atom. The Balaban J connectivity index is 2.08. The molecule has 1 aromatic heterocycles. The number of hydrogen-bond donors (Lipinski definition) is 1. The van der Waals surface area contributed by atoms with Crippen LogP contribution >= 0.6 is 0 Å². The largest absolute Gasteiger partial charge is 0.371 e. The van der Waals surface area contributed by atoms with Gasteiger partial charge in [0.1, 0.15) is 0 Å². The third-order valence-electron chi connectivity index (χ3n) is 2.15. The van der Waals surface area contributed by atoms with Crippen molar-refractivity contribution in [2.45, 2.75) is 6.10 Å². The minimum absolute atomic E-state index is 0.0763. The van der Waals surface area contributed by atoms with E-state index in [0.717, 1.165) is 18.7 Å². The molecule has 4 heteroatoms. The summed E-state index contributed by atoms with van der Waals surface area (Å²) >= 11 is 0. The number of aromatic nitrogens is 1. The van der Waals surface area contributed by atoms with Crippen LogP contribution in [0.4, 0.5) is 0 Å². The summed E-state index contributed by atoms with van der Waals surface area (Å²) in [5, 5.41) is 1.78. The molecule has 1 fully saturated rings. The van der Waals surface area contributed by atoms with Gasteiger partial charge in [-0.1, -0.05) is 6.07 Å². The predicted octanol–water partition coefficient (Wildman–Crippen LogP) is 0.329. The van der Waals surface area contributed by atoms with Gasteiger partial charge in [-0.15, -0.1) is 0 Å². The molecule has 2 N–H and O–H groups in total. The minimum atomic E-state index is 0.0763. The molecule has 1 aliphatic heterocycles. The van der Waals surface area contributed by atoms with E-state index in [9.17, 15) is 0 Å². The Kier molecular flexibility index (Phi) is 2.54. The molecule has 1 aromatic rings. The fourth-order valence-electron chi connectivity index (χ4n) is 1.44. The zero-order valence-electron chi connectivity index (χ0n) is 7.39. The van der Waals surface area contributed by atoms with Crippen molar-refractivity contribution in [3.05, 3.63) is 30.1 Å². The highest BCUT2D eigenvalue weighted by Crippen LogP contribution is 2.19. The Bertz CT molecular complexity index is 265. The summed E-state index contributed by atoms with van der Waals surface area (Å²) in [6, 6.07) is 3.92. The molecule has 70 valence electrons. The molecule has 4 nitrogen and oxygen atoms in total. The summed E-state index contributed by atoms with van der Waals surface area (Å²) in [6.45, 7) is 2.23. The topological polar surface area (TPSA) is 51.4 Å². The average molecular weight is 179 g/mol. The highest BCUT2D eigenvalue weighted by atomic mass is 16.5. The van der Waals surface area contributed by atoms with Crippen LogP contribution in [0.5, 0.6) is 0 Å². The Hall–Kier alpha value is -0.970. The predicted molar refractivity (Wildman–Crippen MR) is 48.7 cm³/mol. The number of nitrogens with two attached hydrogens (primary N) is 1. The van der Waals surface area contributed by atoms with Crippen LogP contribution in [0.2, 0.25) is 0 Å². The van der Waals surface area contributed by atoms with Crippen LogP contribution < -0.4 is 5.84 Å². The van der Waals surface area contributed by atoms with E-state index in [0.29, 0.717) is 6.61 Å². The summed E-state index contributed by atoms with van der Waals surface area (Å²) in [4.78, 5) is 4.05. The monoisotopic (exact) mass is 179 g/mol. The number of hydrogen-bond acceptors (Lipinski definition) is 4. The lowest BCUT2D eigenvalue weighted by Crippen LogP contribution is -2.42. The van der Waals surface area contributed by atoms with E-state index in [1.807, 2.05) is 18.3 Å². The van der Waals surface area contributed by atoms with Gasteiger partial charge in [0, 0.05) is 31.0 Å². The van der Waals surface area contributed by atoms with Crippen molar-refractivity contribution in [3.8, 4) is 0 Å². The lowest BCUT2D eigenvalue weighted by Gasteiger charge is -2.29. The molecule has 0 spiro atoms. The molecule has 0 aromatic carbocycles. The van der Waals surface area contributed by atoms with Crippen molar-refractivity contribution in [2.24, 2.45) is 5.84 Å². The standard InChI is InChI=1S/C9H13N3O/c10-12-4-5-13-9(7-12)8-2-1-3-11-6-8/h1-3,6,9H,4-5,7,10H2. The van der Waals surface area contributed by atoms with Crippen LogP contribution in [0.1, 0.15) is 11.7 Å². The maximum Gasteiger partial charge on any atom is 0.0981 e. The molecule has 0 radical (unpaired) electrons. The van der Waals surface area contributed by atoms with Gasteiger partial charge in [-0.05, 0) is 6.07 Å². The van der Waals surface area contributed by atoms with Crippen molar-refractivity contribution in [3.63, 3.8) is 0 Å². The fraction of sp³-hybridized carbons (Fsp3) is 0.444. The summed E-state index contributed by atoms with van der Waals surface area (Å²) in [6.07, 6.45) is 3.66. The first-order chi connectivity index (χ1) is 6.36. The number of pyridine rings is 1. The fourth-order valence-corrected chi connectivity index (χ4v) is 1.44. The summed E-state index contributed by atoms with van der Waals surface area (Å²) < 4.78 is 5.57. The second kappa shape index (κ2) is 3.83. The van der Waals surface area contributed by atoms with Crippen molar-refractivity contribution < 1.29 is 4.74 Å². The van der Waals surface area contributed by atoms with Crippen molar-refractivity contribution in [1.29, 1.82) is 0 Å². The van der Waals surface area contributed by atoms with Gasteiger partial charge in [-0.3, -0.25) is 10.8 Å². The molecule has 13 heavy (non-hydrogen) atoms. The second-order valence-electron chi connectivity index (χ2n) is 3.14. The van der Waals surface area contributed by atoms with E-state index in [4.69, 9.17) is 10.6 Å². The summed E-state index contributed by atoms with van der Waals surface area (Å²) in [5.41, 5.74) is 1.10. The van der Waals surface area contributed by atoms with Gasteiger partial charge in [0.15, 0.2) is 0 Å². The molecular weight excluding hydrogens is 166 g/mol. The van der Waals surface area contributed by atoms with E-state index >= 15 is 0 Å². The first-order valence-corrected chi connectivity index (χ1v) is 4.37. The molecule has 0 bridgehead atoms. The van der Waals surface area contributed by atoms with Gasteiger partial charge in [-0.2, -0.15) is 0 Å². The van der Waals surface area contributed by atoms with Crippen LogP contribution in [0.3, 0.4) is 0 Å². The highest BCUT2D eigenvalue weighted by Gasteiger charge is 2.19. The van der Waals surface area contributed by atoms with Crippen LogP contribution in [-0.2, 0) is 4.74 Å². The average Bonchev–Trinajstić information content (AvgIpc) is 2.19. The Morgan fingerprint density at radius 2 is 2.54 bits per heavy atom. The summed E-state index contributed by atoms with van der Waals surface area (Å²) in [7, 11) is 0. The molecule has 0 saturated carbocycles. The van der Waals surface area contributed by atoms with E-state index in [1.165, 1.54) is 0 Å². The van der Waals surface area contributed by atoms with E-state index in [2.05, 4.69) is 4.98 Å². The molecule has 1 atom stereocenters. The number of ether oxygens (including phenoxy) is 1. The second-order valence-corrected chi connectivity index (χ2v) is 3.14. The molecule has 0 amide bonds. The van der Waals surface area contributed by atoms with Gasteiger partial charge in [0.25, 0.3) is 0 Å². The molecule has 2 rings (SSSR count). The normalized spacial score (nSPS) is 24.5. The zero-order valence-corrected chi connectivity index (χ0v) is 7.39. The number of rotatable bonds is 1. The van der Waals surface area contributed by atoms with Crippen molar-refractivity contribution in [2.75, 3.05) is 19.7 Å². The van der Waals surface area contributed by atoms with Crippen LogP contribution in [0, 0.1) is 0 Å². The first-order valence-electron chi connectivity index (χ1n) is 4.37. The van der Waals surface area contributed by atoms with Crippen LogP contribution in [0.25, 0.3) is 0 Å². The number of morpholine rings is 1. The van der Waals surface area contributed by atoms with Gasteiger partial charge >= 0.3 is 0 Å². The van der Waals surface area contributed by atoms with Gasteiger partial charge in [0.2, 0.25) is 0 Å². The summed E-state index contributed by atoms with van der Waals surface area (Å²) in [5.74, 6) is 5.70. The quantitative estimate of drug-likeness (QED) is 0.631. The Morgan fingerprint density at radius 3 is 3.23 bits per heavy atom.